The second-order valence-corrected chi connectivity index (χ2v) is 7.10. The van der Waals surface area contributed by atoms with E-state index >= 15 is 0 Å². The molecule has 0 atom stereocenters. The number of benzene rings is 1. The third-order valence-corrected chi connectivity index (χ3v) is 5.32. The van der Waals surface area contributed by atoms with Crippen LogP contribution in [0.3, 0.4) is 0 Å². The summed E-state index contributed by atoms with van der Waals surface area (Å²) in [6, 6.07) is 5.30. The monoisotopic (exact) mass is 327 g/mol. The van der Waals surface area contributed by atoms with Gasteiger partial charge in [-0.05, 0) is 36.1 Å². The predicted octanol–water partition coefficient (Wildman–Crippen LogP) is 2.03. The van der Waals surface area contributed by atoms with Crippen LogP contribution in [-0.2, 0) is 16.6 Å². The Morgan fingerprint density at radius 1 is 1.38 bits per heavy atom. The van der Waals surface area contributed by atoms with E-state index in [4.69, 9.17) is 5.73 Å². The summed E-state index contributed by atoms with van der Waals surface area (Å²) >= 11 is 1.44. The number of hydrogen-bond donors (Lipinski definition) is 2. The van der Waals surface area contributed by atoms with Gasteiger partial charge in [0.25, 0.3) is 5.69 Å². The third kappa shape index (κ3) is 3.38. The van der Waals surface area contributed by atoms with Crippen molar-refractivity contribution in [1.29, 1.82) is 0 Å². The van der Waals surface area contributed by atoms with Crippen molar-refractivity contribution in [3.8, 4) is 0 Å². The van der Waals surface area contributed by atoms with Gasteiger partial charge in [0.1, 0.15) is 5.69 Å². The van der Waals surface area contributed by atoms with Gasteiger partial charge in [-0.3, -0.25) is 10.1 Å². The summed E-state index contributed by atoms with van der Waals surface area (Å²) in [6.45, 7) is 2.03. The molecule has 0 aliphatic heterocycles. The van der Waals surface area contributed by atoms with Crippen molar-refractivity contribution >= 4 is 32.7 Å². The number of aryl methyl sites for hydroxylation is 1. The lowest BCUT2D eigenvalue weighted by Crippen LogP contribution is -2.23. The van der Waals surface area contributed by atoms with Gasteiger partial charge < -0.3 is 5.73 Å². The topological polar surface area (TPSA) is 115 Å². The van der Waals surface area contributed by atoms with Crippen molar-refractivity contribution in [2.24, 2.45) is 0 Å². The van der Waals surface area contributed by atoms with Crippen LogP contribution in [0.1, 0.15) is 10.4 Å². The van der Waals surface area contributed by atoms with E-state index in [1.165, 1.54) is 23.5 Å². The van der Waals surface area contributed by atoms with Gasteiger partial charge in [0.2, 0.25) is 10.0 Å². The van der Waals surface area contributed by atoms with Crippen LogP contribution in [0, 0.1) is 17.0 Å². The van der Waals surface area contributed by atoms with Crippen LogP contribution in [0.5, 0.6) is 0 Å². The highest BCUT2D eigenvalue weighted by Crippen LogP contribution is 2.25. The second-order valence-electron chi connectivity index (χ2n) is 4.33. The Kier molecular flexibility index (Phi) is 4.26. The van der Waals surface area contributed by atoms with Gasteiger partial charge in [0, 0.05) is 17.5 Å². The second kappa shape index (κ2) is 5.80. The average Bonchev–Trinajstić information content (AvgIpc) is 2.82. The Hall–Kier alpha value is -1.97. The molecule has 1 heterocycles. The van der Waals surface area contributed by atoms with Crippen LogP contribution in [-0.4, -0.2) is 13.3 Å². The first-order valence-corrected chi connectivity index (χ1v) is 8.24. The molecule has 0 amide bonds. The molecule has 1 aromatic carbocycles. The highest BCUT2D eigenvalue weighted by molar-refractivity contribution is 7.89. The number of anilines is 1. The van der Waals surface area contributed by atoms with E-state index < -0.39 is 20.6 Å². The number of nitro benzene ring substituents is 1. The highest BCUT2D eigenvalue weighted by atomic mass is 32.2. The molecule has 0 fully saturated rings. The fourth-order valence-corrected chi connectivity index (χ4v) is 3.63. The molecule has 0 radical (unpaired) electrons. The highest BCUT2D eigenvalue weighted by Gasteiger charge is 2.20. The van der Waals surface area contributed by atoms with Crippen molar-refractivity contribution < 1.29 is 13.3 Å². The number of thiophene rings is 1. The summed E-state index contributed by atoms with van der Waals surface area (Å²) in [5.74, 6) is 0. The van der Waals surface area contributed by atoms with Crippen molar-refractivity contribution in [2.75, 3.05) is 5.73 Å². The minimum absolute atomic E-state index is 0.0759. The van der Waals surface area contributed by atoms with E-state index in [0.717, 1.165) is 16.5 Å². The molecule has 0 spiro atoms. The lowest BCUT2D eigenvalue weighted by molar-refractivity contribution is -0.384. The maximum atomic E-state index is 12.2. The van der Waals surface area contributed by atoms with Crippen LogP contribution < -0.4 is 10.5 Å². The molecule has 9 heteroatoms. The number of sulfonamides is 1. The van der Waals surface area contributed by atoms with Crippen molar-refractivity contribution in [3.05, 3.63) is 50.2 Å². The van der Waals surface area contributed by atoms with E-state index in [1.54, 1.807) is 0 Å². The van der Waals surface area contributed by atoms with E-state index in [0.29, 0.717) is 0 Å². The van der Waals surface area contributed by atoms with Crippen molar-refractivity contribution in [2.45, 2.75) is 18.4 Å². The summed E-state index contributed by atoms with van der Waals surface area (Å²) in [4.78, 5) is 10.8. The smallest absolute Gasteiger partial charge is 0.293 e. The van der Waals surface area contributed by atoms with Gasteiger partial charge >= 0.3 is 0 Å². The van der Waals surface area contributed by atoms with E-state index in [2.05, 4.69) is 4.72 Å². The average molecular weight is 327 g/mol. The van der Waals surface area contributed by atoms with Crippen LogP contribution >= 0.6 is 11.3 Å². The molecule has 0 saturated carbocycles. The molecule has 2 rings (SSSR count). The summed E-state index contributed by atoms with van der Waals surface area (Å²) in [5.41, 5.74) is 5.94. The molecule has 0 aliphatic rings. The number of nitrogens with zero attached hydrogens (tertiary/aromatic N) is 1. The summed E-state index contributed by atoms with van der Waals surface area (Å²) in [5, 5.41) is 12.7. The standard InChI is InChI=1S/C12H13N3O4S2/c1-8-4-5-20-12(8)7-14-21(18,19)9-2-3-10(13)11(6-9)15(16)17/h2-6,14H,7,13H2,1H3. The predicted molar refractivity (Wildman–Crippen MR) is 80.6 cm³/mol. The first kappa shape index (κ1) is 15.4. The van der Waals surface area contributed by atoms with E-state index in [9.17, 15) is 18.5 Å². The molecule has 2 aromatic rings. The number of nitrogens with one attached hydrogen (secondary N) is 1. The Morgan fingerprint density at radius 2 is 2.10 bits per heavy atom. The molecular weight excluding hydrogens is 314 g/mol. The largest absolute Gasteiger partial charge is 0.393 e. The van der Waals surface area contributed by atoms with Gasteiger partial charge in [0.05, 0.1) is 9.82 Å². The Bertz CT molecular complexity index is 784. The minimum atomic E-state index is -3.83. The van der Waals surface area contributed by atoms with Crippen LogP contribution in [0.2, 0.25) is 0 Å². The van der Waals surface area contributed by atoms with Gasteiger partial charge in [-0.25, -0.2) is 13.1 Å². The zero-order valence-corrected chi connectivity index (χ0v) is 12.7. The molecule has 0 bridgehead atoms. The maximum absolute atomic E-state index is 12.2. The van der Waals surface area contributed by atoms with Gasteiger partial charge in [-0.2, -0.15) is 0 Å². The number of nitrogen functional groups attached to an aromatic ring is 1. The van der Waals surface area contributed by atoms with E-state index in [1.807, 2.05) is 18.4 Å². The van der Waals surface area contributed by atoms with Crippen molar-refractivity contribution in [3.63, 3.8) is 0 Å². The summed E-state index contributed by atoms with van der Waals surface area (Å²) in [7, 11) is -3.83. The summed E-state index contributed by atoms with van der Waals surface area (Å²) < 4.78 is 26.7. The minimum Gasteiger partial charge on any atom is -0.393 e. The Morgan fingerprint density at radius 3 is 2.67 bits per heavy atom. The van der Waals surface area contributed by atoms with Crippen LogP contribution in [0.25, 0.3) is 0 Å². The molecule has 0 unspecified atom stereocenters. The molecule has 112 valence electrons. The maximum Gasteiger partial charge on any atom is 0.293 e. The normalized spacial score (nSPS) is 11.5. The fraction of sp³-hybridized carbons (Fsp3) is 0.167. The Labute approximate surface area is 125 Å². The Balaban J connectivity index is 2.26. The van der Waals surface area contributed by atoms with E-state index in [-0.39, 0.29) is 17.1 Å². The summed E-state index contributed by atoms with van der Waals surface area (Å²) in [6.07, 6.45) is 0. The van der Waals surface area contributed by atoms with Gasteiger partial charge in [-0.15, -0.1) is 11.3 Å². The number of hydrogen-bond acceptors (Lipinski definition) is 6. The van der Waals surface area contributed by atoms with Crippen molar-refractivity contribution in [1.82, 2.24) is 4.72 Å². The number of nitro groups is 1. The molecule has 21 heavy (non-hydrogen) atoms. The fourth-order valence-electron chi connectivity index (χ4n) is 1.68. The molecule has 0 aliphatic carbocycles. The zero-order chi connectivity index (χ0) is 15.6. The molecule has 1 aromatic heterocycles. The molecule has 3 N–H and O–H groups in total. The number of nitrogens with two attached hydrogens (primary N) is 1. The SMILES string of the molecule is Cc1ccsc1CNS(=O)(=O)c1ccc(N)c([N+](=O)[O-])c1. The lowest BCUT2D eigenvalue weighted by atomic mass is 10.3. The van der Waals surface area contributed by atoms with Gasteiger partial charge in [-0.1, -0.05) is 0 Å². The van der Waals surface area contributed by atoms with Crippen LogP contribution in [0.4, 0.5) is 11.4 Å². The lowest BCUT2D eigenvalue weighted by Gasteiger charge is -2.07. The van der Waals surface area contributed by atoms with Gasteiger partial charge in [0.15, 0.2) is 0 Å². The van der Waals surface area contributed by atoms with Crippen LogP contribution in [0.15, 0.2) is 34.5 Å². The number of rotatable bonds is 5. The molecule has 0 saturated heterocycles. The third-order valence-electron chi connectivity index (χ3n) is 2.90. The quantitative estimate of drug-likeness (QED) is 0.495. The molecule has 7 nitrogen and oxygen atoms in total. The first-order valence-electron chi connectivity index (χ1n) is 5.88. The first-order chi connectivity index (χ1) is 9.81. The zero-order valence-electron chi connectivity index (χ0n) is 11.1. The molecular formula is C12H13N3O4S2.